The third kappa shape index (κ3) is 20.8. The van der Waals surface area contributed by atoms with Crippen LogP contribution in [0, 0.1) is 17.8 Å². The zero-order valence-corrected chi connectivity index (χ0v) is 48.5. The maximum Gasteiger partial charge on any atom is 0.306 e. The summed E-state index contributed by atoms with van der Waals surface area (Å²) < 4.78 is 5.79. The van der Waals surface area contributed by atoms with Crippen molar-refractivity contribution in [3.05, 3.63) is 52.0 Å². The number of esters is 1. The molecular formula is C55H84N10O13S. The molecule has 0 saturated heterocycles. The van der Waals surface area contributed by atoms with Crippen LogP contribution in [0.15, 0.2) is 35.7 Å². The Morgan fingerprint density at radius 2 is 1.54 bits per heavy atom. The maximum atomic E-state index is 14.3. The van der Waals surface area contributed by atoms with E-state index in [1.54, 1.807) is 50.9 Å². The topological polar surface area (TPSA) is 329 Å². The summed E-state index contributed by atoms with van der Waals surface area (Å²) in [4.78, 5) is 138. The van der Waals surface area contributed by atoms with Crippen LogP contribution in [0.2, 0.25) is 0 Å². The van der Waals surface area contributed by atoms with Crippen LogP contribution in [0.25, 0.3) is 0 Å². The van der Waals surface area contributed by atoms with E-state index in [0.717, 1.165) is 28.4 Å². The number of phenols is 1. The number of unbranched alkanes of at least 4 members (excludes halogenated alkanes) is 1. The van der Waals surface area contributed by atoms with E-state index < -0.39 is 89.1 Å². The smallest absolute Gasteiger partial charge is 0.306 e. The standard InChI is InChI=1S/C55H84N10O13S/c1-12-33(4)48(62-54(77)55(7,8)63(9)10)52(74)64(11)41(32(2)3)30-43(78-35(6)66)51-61-40(31-79-51)50(73)58-37(27-34(5)53(75)76)28-36-20-21-42(67)39(29-36)60-44(68)18-15-25-57-49(72)38(17-13-14-24-56)59-45(69)19-16-26-65-46(70)22-23-47(65)71/h20-23,29,31-34,37-38,41,43,48,67H,12-19,24-28,30,56H2,1-11H3,(H,57,72)(H,58,73)(H,59,69)(H,60,68)(H,62,77)(H,75,76)/t33-,34?,37+,38-,41+,43+,48-/m0/s1. The van der Waals surface area contributed by atoms with Crippen LogP contribution in [0.1, 0.15) is 147 Å². The first-order valence-electron chi connectivity index (χ1n) is 26.9. The number of benzene rings is 1. The molecule has 2 aromatic rings. The minimum Gasteiger partial charge on any atom is -0.506 e. The first kappa shape index (κ1) is 66.5. The minimum atomic E-state index is -1.10. The van der Waals surface area contributed by atoms with Gasteiger partial charge in [-0.25, -0.2) is 4.98 Å². The van der Waals surface area contributed by atoms with Crippen molar-refractivity contribution >= 4 is 76.2 Å². The van der Waals surface area contributed by atoms with Gasteiger partial charge in [-0.05, 0) is 109 Å². The molecule has 9 N–H and O–H groups in total. The summed E-state index contributed by atoms with van der Waals surface area (Å²) in [6, 6.07) is 1.41. The number of thiazole rings is 1. The average molecular weight is 1130 g/mol. The molecule has 23 nitrogen and oxygen atoms in total. The highest BCUT2D eigenvalue weighted by molar-refractivity contribution is 7.09. The number of ether oxygens (including phenoxy) is 1. The SMILES string of the molecule is CC[C@H](C)[C@H](NC(=O)C(C)(C)N(C)C)C(=O)N(C)[C@H](C[C@@H](OC(C)=O)c1nc(C(=O)N[C@@H](Cc2ccc(O)c(NC(=O)CCCNC(=O)[C@H](CCCCN)NC(=O)CCCN3C(=O)C=CC3=O)c2)CC(C)C(=O)O)cs1)C(C)C. The summed E-state index contributed by atoms with van der Waals surface area (Å²) in [6.07, 6.45) is 3.94. The van der Waals surface area contributed by atoms with E-state index in [4.69, 9.17) is 10.5 Å². The van der Waals surface area contributed by atoms with E-state index in [-0.39, 0.29) is 104 Å². The summed E-state index contributed by atoms with van der Waals surface area (Å²) in [5, 5.41) is 36.4. The molecule has 24 heteroatoms. The number of aromatic nitrogens is 1. The molecule has 1 aliphatic heterocycles. The third-order valence-electron chi connectivity index (χ3n) is 14.2. The van der Waals surface area contributed by atoms with Gasteiger partial charge in [0.2, 0.25) is 29.5 Å². The van der Waals surface area contributed by atoms with Crippen LogP contribution in [0.4, 0.5) is 5.69 Å². The number of hydrogen-bond donors (Lipinski definition) is 8. The van der Waals surface area contributed by atoms with Gasteiger partial charge in [-0.2, -0.15) is 0 Å². The van der Waals surface area contributed by atoms with Gasteiger partial charge in [0, 0.05) is 75.9 Å². The second-order valence-electron chi connectivity index (χ2n) is 21.3. The lowest BCUT2D eigenvalue weighted by Gasteiger charge is -2.38. The molecule has 2 heterocycles. The number of carboxylic acid groups (broad SMARTS) is 1. The second-order valence-corrected chi connectivity index (χ2v) is 22.2. The van der Waals surface area contributed by atoms with E-state index in [0.29, 0.717) is 37.8 Å². The van der Waals surface area contributed by atoms with Crippen LogP contribution < -0.4 is 32.3 Å². The number of phenolic OH excluding ortho intramolecular Hbond substituents is 1. The van der Waals surface area contributed by atoms with Crippen molar-refractivity contribution in [1.82, 2.24) is 41.0 Å². The third-order valence-corrected chi connectivity index (χ3v) is 15.2. The number of anilines is 1. The number of amides is 8. The Morgan fingerprint density at radius 3 is 2.14 bits per heavy atom. The Labute approximate surface area is 467 Å². The number of carbonyl (C=O) groups is 10. The highest BCUT2D eigenvalue weighted by Crippen LogP contribution is 2.32. The van der Waals surface area contributed by atoms with Crippen molar-refractivity contribution < 1.29 is 62.9 Å². The number of aliphatic carboxylic acids is 1. The number of likely N-dealkylation sites (N-methyl/N-ethyl adjacent to an activating group) is 2. The fraction of sp³-hybridized carbons (Fsp3) is 0.618. The van der Waals surface area contributed by atoms with Gasteiger partial charge in [0.1, 0.15) is 28.5 Å². The summed E-state index contributed by atoms with van der Waals surface area (Å²) in [6.45, 7) is 14.5. The Hall–Kier alpha value is -6.79. The Kier molecular flexibility index (Phi) is 26.7. The average Bonchev–Trinajstić information content (AvgIpc) is 4.03. The highest BCUT2D eigenvalue weighted by Gasteiger charge is 2.39. The van der Waals surface area contributed by atoms with Gasteiger partial charge in [-0.3, -0.25) is 57.7 Å². The normalized spacial score (nSPS) is 15.1. The molecule has 0 spiro atoms. The summed E-state index contributed by atoms with van der Waals surface area (Å²) >= 11 is 1.08. The largest absolute Gasteiger partial charge is 0.506 e. The number of nitrogens with zero attached hydrogens (tertiary/aromatic N) is 4. The van der Waals surface area contributed by atoms with Gasteiger partial charge in [0.15, 0.2) is 6.10 Å². The van der Waals surface area contributed by atoms with Crippen LogP contribution in [0.5, 0.6) is 5.75 Å². The molecule has 79 heavy (non-hydrogen) atoms. The van der Waals surface area contributed by atoms with Crippen molar-refractivity contribution in [1.29, 1.82) is 0 Å². The highest BCUT2D eigenvalue weighted by atomic mass is 32.1. The van der Waals surface area contributed by atoms with Crippen LogP contribution in [-0.2, 0) is 54.3 Å². The number of carboxylic acids is 1. The molecular weight excluding hydrogens is 1040 g/mol. The number of nitrogens with one attached hydrogen (secondary N) is 5. The first-order valence-corrected chi connectivity index (χ1v) is 27.8. The summed E-state index contributed by atoms with van der Waals surface area (Å²) in [5.41, 5.74) is 5.29. The lowest BCUT2D eigenvalue weighted by atomic mass is 9.92. The number of rotatable bonds is 34. The van der Waals surface area contributed by atoms with Gasteiger partial charge < -0.3 is 52.2 Å². The minimum absolute atomic E-state index is 0.0118. The number of hydrogen-bond acceptors (Lipinski definition) is 16. The Morgan fingerprint density at radius 1 is 0.886 bits per heavy atom. The van der Waals surface area contributed by atoms with Crippen molar-refractivity contribution in [3.8, 4) is 5.75 Å². The lowest BCUT2D eigenvalue weighted by Crippen LogP contribution is -2.60. The molecule has 0 fully saturated rings. The van der Waals surface area contributed by atoms with E-state index in [2.05, 4.69) is 31.6 Å². The fourth-order valence-corrected chi connectivity index (χ4v) is 9.41. The van der Waals surface area contributed by atoms with Gasteiger partial charge in [0.05, 0.1) is 17.1 Å². The predicted octanol–water partition coefficient (Wildman–Crippen LogP) is 3.80. The molecule has 7 atom stereocenters. The predicted molar refractivity (Wildman–Crippen MR) is 297 cm³/mol. The molecule has 0 radical (unpaired) electrons. The molecule has 0 bridgehead atoms. The number of imide groups is 1. The van der Waals surface area contributed by atoms with Crippen LogP contribution in [0.3, 0.4) is 0 Å². The number of nitrogens with two attached hydrogens (primary N) is 1. The van der Waals surface area contributed by atoms with Crippen molar-refractivity contribution in [2.45, 2.75) is 162 Å². The molecule has 3 rings (SSSR count). The van der Waals surface area contributed by atoms with E-state index >= 15 is 0 Å². The molecule has 0 aliphatic carbocycles. The van der Waals surface area contributed by atoms with E-state index in [1.165, 1.54) is 31.4 Å². The summed E-state index contributed by atoms with van der Waals surface area (Å²) in [7, 11) is 5.22. The molecule has 0 saturated carbocycles. The Bertz CT molecular complexity index is 2480. The van der Waals surface area contributed by atoms with Crippen molar-refractivity contribution in [3.63, 3.8) is 0 Å². The monoisotopic (exact) mass is 1120 g/mol. The van der Waals surface area contributed by atoms with Crippen LogP contribution in [-0.4, -0.2) is 160 Å². The summed E-state index contributed by atoms with van der Waals surface area (Å²) in [5.74, 6) is -6.77. The number of carbonyl (C=O) groups excluding carboxylic acids is 9. The molecule has 1 unspecified atom stereocenters. The molecule has 1 aromatic heterocycles. The van der Waals surface area contributed by atoms with Gasteiger partial charge in [0.25, 0.3) is 17.7 Å². The van der Waals surface area contributed by atoms with Crippen molar-refractivity contribution in [2.75, 3.05) is 46.1 Å². The van der Waals surface area contributed by atoms with Gasteiger partial charge in [-0.1, -0.05) is 47.1 Å². The zero-order chi connectivity index (χ0) is 59.3. The Balaban J connectivity index is 1.70. The number of aromatic hydroxyl groups is 1. The van der Waals surface area contributed by atoms with E-state index in [1.807, 2.05) is 27.7 Å². The quantitative estimate of drug-likeness (QED) is 0.0214. The lowest BCUT2D eigenvalue weighted by molar-refractivity contribution is -0.149. The maximum absolute atomic E-state index is 14.3. The molecule has 1 aromatic carbocycles. The second kappa shape index (κ2) is 31.7. The fourth-order valence-electron chi connectivity index (χ4n) is 8.57. The molecule has 8 amide bonds. The van der Waals surface area contributed by atoms with Crippen molar-refractivity contribution in [2.24, 2.45) is 23.5 Å². The molecule has 438 valence electrons. The first-order chi connectivity index (χ1) is 37.1. The van der Waals surface area contributed by atoms with Crippen LogP contribution >= 0.6 is 11.3 Å². The molecule has 1 aliphatic rings. The zero-order valence-electron chi connectivity index (χ0n) is 47.6. The van der Waals surface area contributed by atoms with Gasteiger partial charge in [-0.15, -0.1) is 11.3 Å². The van der Waals surface area contributed by atoms with Gasteiger partial charge >= 0.3 is 11.9 Å². The van der Waals surface area contributed by atoms with E-state index in [9.17, 15) is 58.2 Å².